The molecule has 2 aromatic rings. The lowest BCUT2D eigenvalue weighted by Gasteiger charge is -1.90. The van der Waals surface area contributed by atoms with Gasteiger partial charge in [0.15, 0.2) is 0 Å². The lowest BCUT2D eigenvalue weighted by molar-refractivity contribution is 0.0996. The van der Waals surface area contributed by atoms with E-state index in [4.69, 9.17) is 5.73 Å². The van der Waals surface area contributed by atoms with Gasteiger partial charge in [0, 0.05) is 10.9 Å². The Kier molecular flexibility index (Phi) is 1.59. The van der Waals surface area contributed by atoms with Gasteiger partial charge in [-0.05, 0) is 30.7 Å². The largest absolute Gasteiger partial charge is 0.364 e. The van der Waals surface area contributed by atoms with Crippen LogP contribution in [0.4, 0.5) is 0 Å². The Morgan fingerprint density at radius 3 is 3.00 bits per heavy atom. The van der Waals surface area contributed by atoms with Crippen LogP contribution in [-0.4, -0.2) is 10.9 Å². The lowest BCUT2D eigenvalue weighted by atomic mass is 10.2. The highest BCUT2D eigenvalue weighted by molar-refractivity contribution is 5.96. The molecular formula is C10H9N2O. The number of aromatic amines is 1. The van der Waals surface area contributed by atoms with Gasteiger partial charge < -0.3 is 10.7 Å². The Balaban J connectivity index is 2.68. The van der Waals surface area contributed by atoms with Crippen molar-refractivity contribution in [3.05, 3.63) is 35.5 Å². The Bertz CT molecular complexity index is 471. The van der Waals surface area contributed by atoms with Crippen molar-refractivity contribution in [2.45, 2.75) is 6.92 Å². The molecule has 1 aromatic carbocycles. The molecule has 0 aliphatic rings. The smallest absolute Gasteiger partial charge is 0.265 e. The van der Waals surface area contributed by atoms with Crippen molar-refractivity contribution in [1.82, 2.24) is 4.98 Å². The molecule has 3 N–H and O–H groups in total. The molecular weight excluding hydrogens is 164 g/mol. The number of primary amides is 1. The van der Waals surface area contributed by atoms with Crippen LogP contribution in [-0.2, 0) is 0 Å². The van der Waals surface area contributed by atoms with Gasteiger partial charge in [0.2, 0.25) is 0 Å². The van der Waals surface area contributed by atoms with Crippen LogP contribution in [0.2, 0.25) is 0 Å². The number of aromatic nitrogens is 1. The van der Waals surface area contributed by atoms with Crippen LogP contribution in [0.3, 0.4) is 0 Å². The molecule has 1 aromatic heterocycles. The first-order valence-electron chi connectivity index (χ1n) is 3.97. The normalized spacial score (nSPS) is 10.5. The minimum atomic E-state index is -0.442. The summed E-state index contributed by atoms with van der Waals surface area (Å²) in [5, 5.41) is 0.888. The summed E-state index contributed by atoms with van der Waals surface area (Å²) < 4.78 is 0. The molecule has 0 saturated heterocycles. The van der Waals surface area contributed by atoms with Crippen LogP contribution in [0.25, 0.3) is 10.9 Å². The van der Waals surface area contributed by atoms with Crippen molar-refractivity contribution in [2.24, 2.45) is 5.73 Å². The first-order chi connectivity index (χ1) is 6.16. The Labute approximate surface area is 75.6 Å². The molecule has 0 bridgehead atoms. The molecule has 0 unspecified atom stereocenters. The predicted octanol–water partition coefficient (Wildman–Crippen LogP) is 1.38. The molecule has 3 heteroatoms. The van der Waals surface area contributed by atoms with E-state index < -0.39 is 5.91 Å². The lowest BCUT2D eigenvalue weighted by Crippen LogP contribution is -2.10. The molecule has 1 radical (unpaired) electrons. The molecule has 65 valence electrons. The third-order valence-corrected chi connectivity index (χ3v) is 1.94. The summed E-state index contributed by atoms with van der Waals surface area (Å²) in [5.41, 5.74) is 7.56. The molecule has 3 nitrogen and oxygen atoms in total. The number of hydrogen-bond donors (Lipinski definition) is 2. The number of nitrogens with one attached hydrogen (secondary N) is 1. The number of H-pyrrole nitrogens is 1. The standard InChI is InChI=1S/C10H9N2O/c1-6-2-3-7-5-9(10(11)13)12-8(7)4-6/h2,4-5,12H,1H3,(H2,11,13). The molecule has 0 atom stereocenters. The molecule has 0 spiro atoms. The fourth-order valence-corrected chi connectivity index (χ4v) is 1.30. The first kappa shape index (κ1) is 7.86. The van der Waals surface area contributed by atoms with Gasteiger partial charge >= 0.3 is 0 Å². The number of carbonyl (C=O) groups excluding carboxylic acids is 1. The molecule has 2 rings (SSSR count). The fraction of sp³-hybridized carbons (Fsp3) is 0.100. The average Bonchev–Trinajstić information content (AvgIpc) is 2.46. The van der Waals surface area contributed by atoms with Crippen LogP contribution in [0.5, 0.6) is 0 Å². The first-order valence-corrected chi connectivity index (χ1v) is 3.97. The van der Waals surface area contributed by atoms with Gasteiger partial charge in [-0.25, -0.2) is 0 Å². The maximum atomic E-state index is 10.8. The summed E-state index contributed by atoms with van der Waals surface area (Å²) >= 11 is 0. The van der Waals surface area contributed by atoms with Gasteiger partial charge in [-0.2, -0.15) is 0 Å². The van der Waals surface area contributed by atoms with Gasteiger partial charge in [0.25, 0.3) is 5.91 Å². The zero-order valence-corrected chi connectivity index (χ0v) is 7.22. The second kappa shape index (κ2) is 2.62. The summed E-state index contributed by atoms with van der Waals surface area (Å²) in [4.78, 5) is 13.8. The topological polar surface area (TPSA) is 58.9 Å². The highest BCUT2D eigenvalue weighted by Gasteiger charge is 2.04. The summed E-state index contributed by atoms with van der Waals surface area (Å²) in [6.45, 7) is 1.97. The maximum Gasteiger partial charge on any atom is 0.265 e. The number of hydrogen-bond acceptors (Lipinski definition) is 1. The Hall–Kier alpha value is -1.77. The van der Waals surface area contributed by atoms with Crippen molar-refractivity contribution in [3.8, 4) is 0 Å². The van der Waals surface area contributed by atoms with E-state index >= 15 is 0 Å². The second-order valence-corrected chi connectivity index (χ2v) is 3.05. The summed E-state index contributed by atoms with van der Waals surface area (Å²) in [7, 11) is 0. The fourth-order valence-electron chi connectivity index (χ4n) is 1.30. The molecule has 0 fully saturated rings. The monoisotopic (exact) mass is 173 g/mol. The molecule has 0 aliphatic carbocycles. The second-order valence-electron chi connectivity index (χ2n) is 3.05. The van der Waals surface area contributed by atoms with Gasteiger partial charge in [0.1, 0.15) is 5.69 Å². The van der Waals surface area contributed by atoms with E-state index in [1.165, 1.54) is 0 Å². The van der Waals surface area contributed by atoms with E-state index in [9.17, 15) is 4.79 Å². The zero-order chi connectivity index (χ0) is 9.42. The number of carbonyl (C=O) groups is 1. The number of benzene rings is 1. The summed E-state index contributed by atoms with van der Waals surface area (Å²) in [6.07, 6.45) is 0. The third-order valence-electron chi connectivity index (χ3n) is 1.94. The van der Waals surface area contributed by atoms with E-state index in [2.05, 4.69) is 11.1 Å². The van der Waals surface area contributed by atoms with Crippen molar-refractivity contribution < 1.29 is 4.79 Å². The van der Waals surface area contributed by atoms with Gasteiger partial charge in [-0.15, -0.1) is 0 Å². The minimum Gasteiger partial charge on any atom is -0.364 e. The van der Waals surface area contributed by atoms with E-state index in [-0.39, 0.29) is 0 Å². The number of rotatable bonds is 1. The average molecular weight is 173 g/mol. The molecule has 0 aliphatic heterocycles. The SMILES string of the molecule is Cc1c[c]c2cc(C(N)=O)[nH]c2c1. The molecule has 0 saturated carbocycles. The van der Waals surface area contributed by atoms with Gasteiger partial charge in [-0.1, -0.05) is 6.07 Å². The quantitative estimate of drug-likeness (QED) is 0.672. The van der Waals surface area contributed by atoms with Crippen LogP contribution < -0.4 is 5.73 Å². The molecule has 1 heterocycles. The van der Waals surface area contributed by atoms with Crippen LogP contribution in [0, 0.1) is 13.0 Å². The van der Waals surface area contributed by atoms with Gasteiger partial charge in [0.05, 0.1) is 0 Å². The molecule has 1 amide bonds. The van der Waals surface area contributed by atoms with Gasteiger partial charge in [-0.3, -0.25) is 4.79 Å². The highest BCUT2D eigenvalue weighted by atomic mass is 16.1. The van der Waals surface area contributed by atoms with Crippen molar-refractivity contribution >= 4 is 16.8 Å². The number of nitrogens with two attached hydrogens (primary N) is 1. The molecule has 13 heavy (non-hydrogen) atoms. The number of amides is 1. The maximum absolute atomic E-state index is 10.8. The van der Waals surface area contributed by atoms with E-state index in [0.29, 0.717) is 5.69 Å². The number of aryl methyl sites for hydroxylation is 1. The third kappa shape index (κ3) is 1.28. The summed E-state index contributed by atoms with van der Waals surface area (Å²) in [6, 6.07) is 8.59. The van der Waals surface area contributed by atoms with Crippen LogP contribution >= 0.6 is 0 Å². The zero-order valence-electron chi connectivity index (χ0n) is 7.22. The minimum absolute atomic E-state index is 0.428. The van der Waals surface area contributed by atoms with Crippen molar-refractivity contribution in [2.75, 3.05) is 0 Å². The summed E-state index contributed by atoms with van der Waals surface area (Å²) in [5.74, 6) is -0.442. The van der Waals surface area contributed by atoms with Crippen molar-refractivity contribution in [1.29, 1.82) is 0 Å². The Morgan fingerprint density at radius 2 is 2.31 bits per heavy atom. The van der Waals surface area contributed by atoms with E-state index in [0.717, 1.165) is 16.5 Å². The predicted molar refractivity (Wildman–Crippen MR) is 50.4 cm³/mol. The van der Waals surface area contributed by atoms with Crippen LogP contribution in [0.1, 0.15) is 16.1 Å². The van der Waals surface area contributed by atoms with E-state index in [1.807, 2.05) is 19.1 Å². The van der Waals surface area contributed by atoms with Crippen LogP contribution in [0.15, 0.2) is 18.2 Å². The highest BCUT2D eigenvalue weighted by Crippen LogP contribution is 2.15. The van der Waals surface area contributed by atoms with Crippen molar-refractivity contribution in [3.63, 3.8) is 0 Å². The Morgan fingerprint density at radius 1 is 1.54 bits per heavy atom. The van der Waals surface area contributed by atoms with E-state index in [1.54, 1.807) is 6.07 Å². The number of fused-ring (bicyclic) bond motifs is 1.